The fourth-order valence-corrected chi connectivity index (χ4v) is 7.46. The number of carbonyl (C=O) groups is 2. The fraction of sp³-hybridized carbons (Fsp3) is 0.800. The van der Waals surface area contributed by atoms with Gasteiger partial charge in [-0.15, -0.1) is 11.8 Å². The molecule has 3 heterocycles. The van der Waals surface area contributed by atoms with Crippen molar-refractivity contribution in [3.8, 4) is 0 Å². The molecular weight excluding hydrogens is 307 g/mol. The van der Waals surface area contributed by atoms with Gasteiger partial charge in [0.2, 0.25) is 5.91 Å². The van der Waals surface area contributed by atoms with Gasteiger partial charge >= 0.3 is 5.97 Å². The highest BCUT2D eigenvalue weighted by Crippen LogP contribution is 2.56. The summed E-state index contributed by atoms with van der Waals surface area (Å²) in [5.41, 5.74) is 0. The first-order valence-corrected chi connectivity index (χ1v) is 9.70. The van der Waals surface area contributed by atoms with Gasteiger partial charge in [-0.25, -0.2) is 4.79 Å². The van der Waals surface area contributed by atoms with Gasteiger partial charge in [-0.05, 0) is 13.8 Å². The summed E-state index contributed by atoms with van der Waals surface area (Å²) in [7, 11) is -0.791. The second-order valence-corrected chi connectivity index (χ2v) is 10.4. The number of rotatable bonds is 3. The molecule has 0 aromatic carbocycles. The van der Waals surface area contributed by atoms with Crippen LogP contribution in [0.25, 0.3) is 0 Å². The Balaban J connectivity index is 1.73. The standard InChI is InChI=1S/C10H15N2O4PS2/c1-10(2)6(9(14)15)12-7(13)5(8(12)19-10)11-17-16-3-4-18-17/h5-6,8,11H,3-4H2,1-2H3,(H,14,15)/t5-,6+,8-,17?/m1/s1. The summed E-state index contributed by atoms with van der Waals surface area (Å²) < 4.78 is 5.04. The maximum Gasteiger partial charge on any atom is 0.327 e. The first-order chi connectivity index (χ1) is 8.92. The maximum atomic E-state index is 12.2. The van der Waals surface area contributed by atoms with Gasteiger partial charge in [0.25, 0.3) is 0 Å². The number of aliphatic carboxylic acids is 1. The smallest absolute Gasteiger partial charge is 0.327 e. The molecule has 0 radical (unpaired) electrons. The average Bonchev–Trinajstić information content (AvgIpc) is 2.90. The second-order valence-electron chi connectivity index (χ2n) is 5.13. The molecule has 19 heavy (non-hydrogen) atoms. The van der Waals surface area contributed by atoms with Crippen LogP contribution in [0.5, 0.6) is 0 Å². The van der Waals surface area contributed by atoms with Crippen molar-refractivity contribution in [2.75, 3.05) is 12.4 Å². The van der Waals surface area contributed by atoms with Crippen molar-refractivity contribution in [3.05, 3.63) is 0 Å². The van der Waals surface area contributed by atoms with E-state index >= 15 is 0 Å². The third-order valence-electron chi connectivity index (χ3n) is 3.42. The normalized spacial score (nSPS) is 40.1. The molecule has 1 amide bonds. The summed E-state index contributed by atoms with van der Waals surface area (Å²) in [6.45, 7) is 4.48. The van der Waals surface area contributed by atoms with E-state index in [4.69, 9.17) is 4.52 Å². The van der Waals surface area contributed by atoms with E-state index in [1.54, 1.807) is 23.1 Å². The Bertz CT molecular complexity index is 430. The summed E-state index contributed by atoms with van der Waals surface area (Å²) in [5.74, 6) is -0.0947. The third-order valence-corrected chi connectivity index (χ3v) is 8.36. The van der Waals surface area contributed by atoms with Gasteiger partial charge in [-0.2, -0.15) is 0 Å². The molecule has 1 unspecified atom stereocenters. The summed E-state index contributed by atoms with van der Waals surface area (Å²) in [5, 5.41) is 12.5. The van der Waals surface area contributed by atoms with Crippen LogP contribution >= 0.6 is 30.6 Å². The van der Waals surface area contributed by atoms with Crippen LogP contribution in [0, 0.1) is 0 Å². The Morgan fingerprint density at radius 3 is 2.95 bits per heavy atom. The maximum absolute atomic E-state index is 12.2. The van der Waals surface area contributed by atoms with Crippen LogP contribution < -0.4 is 5.09 Å². The number of nitrogens with one attached hydrogen (secondary N) is 1. The van der Waals surface area contributed by atoms with Crippen LogP contribution in [-0.4, -0.2) is 56.4 Å². The predicted octanol–water partition coefficient (Wildman–Crippen LogP) is 1.08. The molecule has 4 atom stereocenters. The lowest BCUT2D eigenvalue weighted by Gasteiger charge is -2.44. The zero-order valence-electron chi connectivity index (χ0n) is 10.5. The Morgan fingerprint density at radius 1 is 1.63 bits per heavy atom. The highest BCUT2D eigenvalue weighted by molar-refractivity contribution is 8.54. The number of fused-ring (bicyclic) bond motifs is 1. The average molecular weight is 322 g/mol. The quantitative estimate of drug-likeness (QED) is 0.594. The minimum Gasteiger partial charge on any atom is -0.480 e. The number of nitrogens with zero attached hydrogens (tertiary/aromatic N) is 1. The summed E-state index contributed by atoms with van der Waals surface area (Å²) >= 11 is 3.25. The van der Waals surface area contributed by atoms with Gasteiger partial charge in [0.05, 0.1) is 6.61 Å². The van der Waals surface area contributed by atoms with E-state index in [2.05, 4.69) is 5.09 Å². The molecule has 2 N–H and O–H groups in total. The molecule has 3 aliphatic heterocycles. The number of carboxylic acid groups (broad SMARTS) is 1. The topological polar surface area (TPSA) is 78.9 Å². The van der Waals surface area contributed by atoms with Gasteiger partial charge < -0.3 is 14.5 Å². The first kappa shape index (κ1) is 13.9. The van der Waals surface area contributed by atoms with Gasteiger partial charge in [0.1, 0.15) is 17.5 Å². The summed E-state index contributed by atoms with van der Waals surface area (Å²) in [6.07, 6.45) is 0. The lowest BCUT2D eigenvalue weighted by Crippen LogP contribution is -2.69. The molecule has 0 aliphatic carbocycles. The van der Waals surface area contributed by atoms with Crippen molar-refractivity contribution in [2.45, 2.75) is 36.1 Å². The van der Waals surface area contributed by atoms with Crippen LogP contribution in [0.1, 0.15) is 13.8 Å². The lowest BCUT2D eigenvalue weighted by molar-refractivity contribution is -0.159. The van der Waals surface area contributed by atoms with E-state index in [1.165, 1.54) is 4.90 Å². The predicted molar refractivity (Wildman–Crippen MR) is 76.0 cm³/mol. The Labute approximate surface area is 120 Å². The van der Waals surface area contributed by atoms with Gasteiger partial charge in [-0.1, -0.05) is 11.4 Å². The number of carboxylic acids is 1. The highest BCUT2D eigenvalue weighted by Gasteiger charge is 2.64. The van der Waals surface area contributed by atoms with Crippen LogP contribution in [0.15, 0.2) is 0 Å². The molecule has 9 heteroatoms. The molecule has 3 saturated heterocycles. The van der Waals surface area contributed by atoms with E-state index in [0.717, 1.165) is 12.4 Å². The molecule has 0 saturated carbocycles. The van der Waals surface area contributed by atoms with Crippen LogP contribution in [-0.2, 0) is 14.1 Å². The van der Waals surface area contributed by atoms with Gasteiger partial charge in [-0.3, -0.25) is 9.88 Å². The molecule has 0 spiro atoms. The van der Waals surface area contributed by atoms with Crippen molar-refractivity contribution in [2.24, 2.45) is 0 Å². The highest BCUT2D eigenvalue weighted by atomic mass is 32.7. The Hall–Kier alpha value is -0.0100. The molecule has 3 rings (SSSR count). The molecule has 0 aromatic rings. The first-order valence-electron chi connectivity index (χ1n) is 5.97. The van der Waals surface area contributed by atoms with Gasteiger partial charge in [0.15, 0.2) is 7.50 Å². The minimum atomic E-state index is -0.927. The molecule has 6 nitrogen and oxygen atoms in total. The third kappa shape index (κ3) is 2.17. The molecule has 0 bridgehead atoms. The zero-order chi connectivity index (χ0) is 13.8. The van der Waals surface area contributed by atoms with E-state index < -0.39 is 24.3 Å². The van der Waals surface area contributed by atoms with Gasteiger partial charge in [0, 0.05) is 10.5 Å². The Kier molecular flexibility index (Phi) is 3.50. The van der Waals surface area contributed by atoms with Crippen molar-refractivity contribution >= 4 is 42.5 Å². The van der Waals surface area contributed by atoms with Crippen molar-refractivity contribution < 1.29 is 19.2 Å². The number of β-lactam (4-membered cyclic amide) rings is 1. The molecular formula is C10H15N2O4PS2. The van der Waals surface area contributed by atoms with E-state index in [0.29, 0.717) is 0 Å². The molecule has 3 fully saturated rings. The van der Waals surface area contributed by atoms with Crippen LogP contribution in [0.3, 0.4) is 0 Å². The van der Waals surface area contributed by atoms with Crippen molar-refractivity contribution in [1.82, 2.24) is 9.99 Å². The molecule has 0 aromatic heterocycles. The Morgan fingerprint density at radius 2 is 2.37 bits per heavy atom. The minimum absolute atomic E-state index is 0.0871. The van der Waals surface area contributed by atoms with Crippen molar-refractivity contribution in [3.63, 3.8) is 0 Å². The van der Waals surface area contributed by atoms with Crippen molar-refractivity contribution in [1.29, 1.82) is 0 Å². The largest absolute Gasteiger partial charge is 0.480 e. The van der Waals surface area contributed by atoms with E-state index in [-0.39, 0.29) is 17.3 Å². The monoisotopic (exact) mass is 322 g/mol. The summed E-state index contributed by atoms with van der Waals surface area (Å²) in [6, 6.07) is -1.04. The fourth-order valence-electron chi connectivity index (χ4n) is 2.60. The summed E-state index contributed by atoms with van der Waals surface area (Å²) in [4.78, 5) is 25.0. The second kappa shape index (κ2) is 4.77. The number of hydrogen-bond acceptors (Lipinski definition) is 6. The number of carbonyl (C=O) groups excluding carboxylic acids is 1. The van der Waals surface area contributed by atoms with Crippen LogP contribution in [0.2, 0.25) is 0 Å². The lowest BCUT2D eigenvalue weighted by atomic mass is 9.96. The van der Waals surface area contributed by atoms with Crippen LogP contribution in [0.4, 0.5) is 0 Å². The zero-order valence-corrected chi connectivity index (χ0v) is 13.1. The van der Waals surface area contributed by atoms with E-state index in [1.807, 2.05) is 13.8 Å². The van der Waals surface area contributed by atoms with E-state index in [9.17, 15) is 14.7 Å². The SMILES string of the molecule is CC1(C)S[C@@H]2[C@H](NP3OCCS3)C(=O)N2[C@H]1C(=O)O. The number of hydrogen-bond donors (Lipinski definition) is 2. The number of thioether (sulfide) groups is 1. The molecule has 3 aliphatic rings. The molecule has 106 valence electrons. The number of amides is 1.